The first-order valence-electron chi connectivity index (χ1n) is 3.32. The molecular weight excluding hydrogens is 180 g/mol. The summed E-state index contributed by atoms with van der Waals surface area (Å²) in [4.78, 5) is 22.3. The second kappa shape index (κ2) is 5.00. The lowest BCUT2D eigenvalue weighted by atomic mass is 10.3. The lowest BCUT2D eigenvalue weighted by molar-refractivity contribution is -0.143. The summed E-state index contributed by atoms with van der Waals surface area (Å²) in [5, 5.41) is 8.33. The number of hydrogen-bond donors (Lipinski definition) is 3. The highest BCUT2D eigenvalue weighted by Gasteiger charge is 2.17. The normalized spacial score (nSPS) is 12.2. The molecule has 0 unspecified atom stereocenters. The van der Waals surface area contributed by atoms with E-state index >= 15 is 0 Å². The molecule has 0 saturated heterocycles. The SMILES string of the molecule is CN(CC(=O)O)C(=O)[C@H](N)CS. The van der Waals surface area contributed by atoms with E-state index in [0.29, 0.717) is 0 Å². The summed E-state index contributed by atoms with van der Waals surface area (Å²) >= 11 is 3.82. The van der Waals surface area contributed by atoms with Crippen molar-refractivity contribution in [1.82, 2.24) is 4.90 Å². The molecule has 3 N–H and O–H groups in total. The minimum Gasteiger partial charge on any atom is -0.480 e. The van der Waals surface area contributed by atoms with Gasteiger partial charge in [0.2, 0.25) is 5.91 Å². The predicted octanol–water partition coefficient (Wildman–Crippen LogP) is -1.21. The van der Waals surface area contributed by atoms with Gasteiger partial charge in [-0.1, -0.05) is 0 Å². The molecule has 0 aliphatic rings. The number of carbonyl (C=O) groups excluding carboxylic acids is 1. The minimum atomic E-state index is -1.06. The number of nitrogens with two attached hydrogens (primary N) is 1. The summed E-state index contributed by atoms with van der Waals surface area (Å²) in [5.41, 5.74) is 5.33. The molecular formula is C6H12N2O3S. The maximum atomic E-state index is 11.1. The standard InChI is InChI=1S/C6H12N2O3S/c1-8(2-5(9)10)6(11)4(7)3-12/h4,12H,2-3,7H2,1H3,(H,9,10)/t4-/m1/s1. The van der Waals surface area contributed by atoms with Crippen molar-refractivity contribution in [2.45, 2.75) is 6.04 Å². The number of thiol groups is 1. The van der Waals surface area contributed by atoms with Crippen molar-refractivity contribution in [2.24, 2.45) is 5.73 Å². The predicted molar refractivity (Wildman–Crippen MR) is 47.1 cm³/mol. The van der Waals surface area contributed by atoms with Crippen LogP contribution >= 0.6 is 12.6 Å². The first-order valence-corrected chi connectivity index (χ1v) is 3.95. The van der Waals surface area contributed by atoms with E-state index in [1.165, 1.54) is 7.05 Å². The molecule has 0 spiro atoms. The van der Waals surface area contributed by atoms with Crippen LogP contribution in [0.4, 0.5) is 0 Å². The van der Waals surface area contributed by atoms with Crippen molar-refractivity contribution in [3.63, 3.8) is 0 Å². The second-order valence-corrected chi connectivity index (χ2v) is 2.74. The van der Waals surface area contributed by atoms with E-state index in [1.807, 2.05) is 0 Å². The Hall–Kier alpha value is -0.750. The summed E-state index contributed by atoms with van der Waals surface area (Å²) in [6.07, 6.45) is 0. The highest BCUT2D eigenvalue weighted by Crippen LogP contribution is 1.91. The number of rotatable bonds is 4. The molecule has 0 saturated carbocycles. The Labute approximate surface area is 75.9 Å². The van der Waals surface area contributed by atoms with Crippen molar-refractivity contribution in [3.05, 3.63) is 0 Å². The highest BCUT2D eigenvalue weighted by molar-refractivity contribution is 7.80. The van der Waals surface area contributed by atoms with Gasteiger partial charge in [-0.15, -0.1) is 0 Å². The largest absolute Gasteiger partial charge is 0.480 e. The number of hydrogen-bond acceptors (Lipinski definition) is 4. The number of carboxylic acid groups (broad SMARTS) is 1. The van der Waals surface area contributed by atoms with Gasteiger partial charge >= 0.3 is 5.97 Å². The van der Waals surface area contributed by atoms with Crippen LogP contribution in [0.25, 0.3) is 0 Å². The summed E-state index contributed by atoms with van der Waals surface area (Å²) in [6.45, 7) is -0.333. The quantitative estimate of drug-likeness (QED) is 0.488. The van der Waals surface area contributed by atoms with E-state index in [4.69, 9.17) is 10.8 Å². The monoisotopic (exact) mass is 192 g/mol. The van der Waals surface area contributed by atoms with Crippen LogP contribution < -0.4 is 5.73 Å². The van der Waals surface area contributed by atoms with E-state index in [9.17, 15) is 9.59 Å². The smallest absolute Gasteiger partial charge is 0.323 e. The third kappa shape index (κ3) is 3.59. The van der Waals surface area contributed by atoms with Gasteiger partial charge in [-0.3, -0.25) is 9.59 Å². The molecule has 0 aromatic rings. The zero-order valence-corrected chi connectivity index (χ0v) is 7.62. The number of likely N-dealkylation sites (N-methyl/N-ethyl adjacent to an activating group) is 1. The molecule has 12 heavy (non-hydrogen) atoms. The van der Waals surface area contributed by atoms with Gasteiger partial charge in [0, 0.05) is 12.8 Å². The molecule has 1 amide bonds. The van der Waals surface area contributed by atoms with E-state index in [0.717, 1.165) is 4.90 Å². The van der Waals surface area contributed by atoms with Gasteiger partial charge in [-0.25, -0.2) is 0 Å². The molecule has 0 bridgehead atoms. The molecule has 0 aliphatic carbocycles. The van der Waals surface area contributed by atoms with Crippen LogP contribution in [0.5, 0.6) is 0 Å². The number of amides is 1. The first-order chi connectivity index (χ1) is 5.49. The van der Waals surface area contributed by atoms with Crippen molar-refractivity contribution < 1.29 is 14.7 Å². The molecule has 5 nitrogen and oxygen atoms in total. The maximum absolute atomic E-state index is 11.1. The Morgan fingerprint density at radius 1 is 1.67 bits per heavy atom. The van der Waals surface area contributed by atoms with Crippen LogP contribution in [0, 0.1) is 0 Å². The number of carbonyl (C=O) groups is 2. The van der Waals surface area contributed by atoms with Gasteiger partial charge in [0.05, 0.1) is 6.04 Å². The summed E-state index contributed by atoms with van der Waals surface area (Å²) < 4.78 is 0. The molecule has 0 heterocycles. The number of aliphatic carboxylic acids is 1. The number of nitrogens with zero attached hydrogens (tertiary/aromatic N) is 1. The van der Waals surface area contributed by atoms with Gasteiger partial charge in [0.25, 0.3) is 0 Å². The van der Waals surface area contributed by atoms with Crippen molar-refractivity contribution in [1.29, 1.82) is 0 Å². The van der Waals surface area contributed by atoms with Crippen molar-refractivity contribution >= 4 is 24.5 Å². The Balaban J connectivity index is 4.01. The average Bonchev–Trinajstić information content (AvgIpc) is 2.00. The molecule has 0 radical (unpaired) electrons. The third-order valence-corrected chi connectivity index (χ3v) is 1.66. The zero-order chi connectivity index (χ0) is 9.72. The van der Waals surface area contributed by atoms with E-state index < -0.39 is 17.9 Å². The second-order valence-electron chi connectivity index (χ2n) is 2.38. The molecule has 0 rings (SSSR count). The fourth-order valence-corrected chi connectivity index (χ4v) is 0.798. The Morgan fingerprint density at radius 2 is 2.17 bits per heavy atom. The molecule has 0 aromatic carbocycles. The van der Waals surface area contributed by atoms with Crippen LogP contribution in [-0.2, 0) is 9.59 Å². The lowest BCUT2D eigenvalue weighted by Gasteiger charge is -2.17. The van der Waals surface area contributed by atoms with E-state index in [1.54, 1.807) is 0 Å². The van der Waals surface area contributed by atoms with Crippen molar-refractivity contribution in [3.8, 4) is 0 Å². The highest BCUT2D eigenvalue weighted by atomic mass is 32.1. The molecule has 0 fully saturated rings. The Kier molecular flexibility index (Phi) is 4.68. The molecule has 0 aliphatic heterocycles. The van der Waals surface area contributed by atoms with Gasteiger partial charge in [-0.2, -0.15) is 12.6 Å². The average molecular weight is 192 g/mol. The Bertz CT molecular complexity index is 186. The Morgan fingerprint density at radius 3 is 2.50 bits per heavy atom. The minimum absolute atomic E-state index is 0.211. The van der Waals surface area contributed by atoms with Crippen LogP contribution in [0.15, 0.2) is 0 Å². The van der Waals surface area contributed by atoms with Crippen LogP contribution in [-0.4, -0.2) is 47.3 Å². The maximum Gasteiger partial charge on any atom is 0.323 e. The fraction of sp³-hybridized carbons (Fsp3) is 0.667. The van der Waals surface area contributed by atoms with Crippen LogP contribution in [0.2, 0.25) is 0 Å². The summed E-state index contributed by atoms with van der Waals surface area (Å²) in [7, 11) is 1.39. The number of carboxylic acids is 1. The van der Waals surface area contributed by atoms with Crippen LogP contribution in [0.1, 0.15) is 0 Å². The van der Waals surface area contributed by atoms with Gasteiger partial charge < -0.3 is 15.7 Å². The van der Waals surface area contributed by atoms with E-state index in [-0.39, 0.29) is 12.3 Å². The third-order valence-electron chi connectivity index (χ3n) is 1.26. The summed E-state index contributed by atoms with van der Waals surface area (Å²) in [5.74, 6) is -1.26. The first kappa shape index (κ1) is 11.2. The van der Waals surface area contributed by atoms with Crippen LogP contribution in [0.3, 0.4) is 0 Å². The van der Waals surface area contributed by atoms with Gasteiger partial charge in [0.1, 0.15) is 6.54 Å². The fourth-order valence-electron chi connectivity index (χ4n) is 0.642. The zero-order valence-electron chi connectivity index (χ0n) is 6.73. The molecule has 0 aromatic heterocycles. The van der Waals surface area contributed by atoms with Gasteiger partial charge in [-0.05, 0) is 0 Å². The molecule has 70 valence electrons. The van der Waals surface area contributed by atoms with E-state index in [2.05, 4.69) is 12.6 Å². The lowest BCUT2D eigenvalue weighted by Crippen LogP contribution is -2.44. The molecule has 6 heteroatoms. The summed E-state index contributed by atoms with van der Waals surface area (Å²) in [6, 6.07) is -0.724. The van der Waals surface area contributed by atoms with Crippen molar-refractivity contribution in [2.75, 3.05) is 19.3 Å². The topological polar surface area (TPSA) is 83.6 Å². The molecule has 1 atom stereocenters. The van der Waals surface area contributed by atoms with Gasteiger partial charge in [0.15, 0.2) is 0 Å².